The van der Waals surface area contributed by atoms with Crippen molar-refractivity contribution in [2.75, 3.05) is 29.8 Å². The Balaban J connectivity index is 2.26. The quantitative estimate of drug-likeness (QED) is 0.791. The van der Waals surface area contributed by atoms with Crippen LogP contribution in [0, 0.1) is 5.92 Å². The van der Waals surface area contributed by atoms with Crippen molar-refractivity contribution < 1.29 is 22.7 Å². The maximum atomic E-state index is 12.5. The van der Waals surface area contributed by atoms with Crippen LogP contribution in [0.3, 0.4) is 0 Å². The number of rotatable bonds is 7. The first-order valence-corrected chi connectivity index (χ1v) is 10.0. The second-order valence-electron chi connectivity index (χ2n) is 6.34. The maximum absolute atomic E-state index is 12.5. The summed E-state index contributed by atoms with van der Waals surface area (Å²) < 4.78 is 37.1. The molecular formula is C17H26N2O5S. The molecule has 1 atom stereocenters. The second-order valence-corrected chi connectivity index (χ2v) is 8.52. The molecule has 1 aliphatic rings. The summed E-state index contributed by atoms with van der Waals surface area (Å²) in [4.78, 5) is 12.3. The minimum absolute atomic E-state index is 0.0426. The SMILES string of the molecule is CCS(=O)(=O)N(CC(=O)N[C@@H](C)C(C)C)c1ccc2c(c1)OCCO2. The molecule has 0 saturated carbocycles. The number of carbonyl (C=O) groups is 1. The molecule has 0 aliphatic carbocycles. The van der Waals surface area contributed by atoms with Gasteiger partial charge in [-0.15, -0.1) is 0 Å². The lowest BCUT2D eigenvalue weighted by Gasteiger charge is -2.26. The fourth-order valence-corrected chi connectivity index (χ4v) is 3.35. The minimum Gasteiger partial charge on any atom is -0.486 e. The Labute approximate surface area is 149 Å². The molecule has 1 amide bonds. The summed E-state index contributed by atoms with van der Waals surface area (Å²) in [7, 11) is -3.61. The van der Waals surface area contributed by atoms with Crippen LogP contribution in [0.25, 0.3) is 0 Å². The highest BCUT2D eigenvalue weighted by atomic mass is 32.2. The van der Waals surface area contributed by atoms with E-state index in [9.17, 15) is 13.2 Å². The molecule has 8 heteroatoms. The van der Waals surface area contributed by atoms with Crippen LogP contribution < -0.4 is 19.1 Å². The largest absolute Gasteiger partial charge is 0.486 e. The Bertz CT molecular complexity index is 718. The number of carbonyl (C=O) groups excluding carboxylic acids is 1. The smallest absolute Gasteiger partial charge is 0.240 e. The molecule has 1 aromatic carbocycles. The summed E-state index contributed by atoms with van der Waals surface area (Å²) in [6, 6.07) is 4.84. The van der Waals surface area contributed by atoms with Gasteiger partial charge in [0.25, 0.3) is 0 Å². The minimum atomic E-state index is -3.61. The van der Waals surface area contributed by atoms with Gasteiger partial charge in [0, 0.05) is 12.1 Å². The molecule has 0 fully saturated rings. The van der Waals surface area contributed by atoms with E-state index in [1.807, 2.05) is 20.8 Å². The number of nitrogens with zero attached hydrogens (tertiary/aromatic N) is 1. The molecule has 0 radical (unpaired) electrons. The zero-order valence-corrected chi connectivity index (χ0v) is 15.9. The molecule has 0 saturated heterocycles. The van der Waals surface area contributed by atoms with Gasteiger partial charge >= 0.3 is 0 Å². The van der Waals surface area contributed by atoms with Crippen LogP contribution in [-0.4, -0.2) is 45.9 Å². The first kappa shape index (κ1) is 19.4. The van der Waals surface area contributed by atoms with Gasteiger partial charge in [0.2, 0.25) is 15.9 Å². The number of anilines is 1. The summed E-state index contributed by atoms with van der Waals surface area (Å²) >= 11 is 0. The lowest BCUT2D eigenvalue weighted by molar-refractivity contribution is -0.120. The van der Waals surface area contributed by atoms with Gasteiger partial charge in [-0.3, -0.25) is 9.10 Å². The van der Waals surface area contributed by atoms with Crippen molar-refractivity contribution in [2.24, 2.45) is 5.92 Å². The van der Waals surface area contributed by atoms with E-state index in [2.05, 4.69) is 5.32 Å². The summed E-state index contributed by atoms with van der Waals surface area (Å²) in [5, 5.41) is 2.84. The Hall–Kier alpha value is -1.96. The number of hydrogen-bond donors (Lipinski definition) is 1. The molecule has 1 aromatic rings. The molecule has 2 rings (SSSR count). The molecule has 0 spiro atoms. The highest BCUT2D eigenvalue weighted by Gasteiger charge is 2.26. The zero-order chi connectivity index (χ0) is 18.6. The molecule has 0 bridgehead atoms. The lowest BCUT2D eigenvalue weighted by Crippen LogP contribution is -2.45. The highest BCUT2D eigenvalue weighted by Crippen LogP contribution is 2.34. The molecule has 140 valence electrons. The van der Waals surface area contributed by atoms with E-state index < -0.39 is 10.0 Å². The number of amides is 1. The summed E-state index contributed by atoms with van der Waals surface area (Å²) in [6.45, 7) is 8.02. The first-order valence-electron chi connectivity index (χ1n) is 8.44. The third-order valence-electron chi connectivity index (χ3n) is 4.19. The average molecular weight is 370 g/mol. The Kier molecular flexibility index (Phi) is 6.16. The van der Waals surface area contributed by atoms with Crippen molar-refractivity contribution >= 4 is 21.6 Å². The van der Waals surface area contributed by atoms with Gasteiger partial charge in [0.1, 0.15) is 19.8 Å². The zero-order valence-electron chi connectivity index (χ0n) is 15.1. The predicted octanol–water partition coefficient (Wildman–Crippen LogP) is 1.77. The van der Waals surface area contributed by atoms with Crippen LogP contribution in [0.2, 0.25) is 0 Å². The van der Waals surface area contributed by atoms with Gasteiger partial charge in [0.05, 0.1) is 11.4 Å². The third-order valence-corrected chi connectivity index (χ3v) is 5.93. The number of ether oxygens (including phenoxy) is 2. The fourth-order valence-electron chi connectivity index (χ4n) is 2.29. The Morgan fingerprint density at radius 3 is 2.44 bits per heavy atom. The van der Waals surface area contributed by atoms with E-state index in [0.717, 1.165) is 4.31 Å². The van der Waals surface area contributed by atoms with Crippen LogP contribution >= 0.6 is 0 Å². The topological polar surface area (TPSA) is 84.9 Å². The van der Waals surface area contributed by atoms with Gasteiger partial charge in [-0.1, -0.05) is 13.8 Å². The van der Waals surface area contributed by atoms with Crippen molar-refractivity contribution in [3.05, 3.63) is 18.2 Å². The van der Waals surface area contributed by atoms with Gasteiger partial charge in [-0.25, -0.2) is 8.42 Å². The lowest BCUT2D eigenvalue weighted by atomic mass is 10.1. The van der Waals surface area contributed by atoms with Crippen molar-refractivity contribution in [1.82, 2.24) is 5.32 Å². The summed E-state index contributed by atoms with van der Waals surface area (Å²) in [5.41, 5.74) is 0.387. The number of nitrogens with one attached hydrogen (secondary N) is 1. The van der Waals surface area contributed by atoms with Crippen molar-refractivity contribution in [1.29, 1.82) is 0 Å². The van der Waals surface area contributed by atoms with Crippen LogP contribution in [0.4, 0.5) is 5.69 Å². The van der Waals surface area contributed by atoms with Gasteiger partial charge < -0.3 is 14.8 Å². The molecule has 0 unspecified atom stereocenters. The molecule has 0 aromatic heterocycles. The van der Waals surface area contributed by atoms with Crippen LogP contribution in [0.1, 0.15) is 27.7 Å². The summed E-state index contributed by atoms with van der Waals surface area (Å²) in [6.07, 6.45) is 0. The highest BCUT2D eigenvalue weighted by molar-refractivity contribution is 7.92. The maximum Gasteiger partial charge on any atom is 0.240 e. The number of fused-ring (bicyclic) bond motifs is 1. The third kappa shape index (κ3) is 4.78. The number of sulfonamides is 1. The number of benzene rings is 1. The van der Waals surface area contributed by atoms with Crippen LogP contribution in [-0.2, 0) is 14.8 Å². The molecule has 1 N–H and O–H groups in total. The standard InChI is InChI=1S/C17H26N2O5S/c1-5-25(21,22)19(11-17(20)18-13(4)12(2)3)14-6-7-15-16(10-14)24-9-8-23-15/h6-7,10,12-13H,5,8-9,11H2,1-4H3,(H,18,20)/t13-/m0/s1. The van der Waals surface area contributed by atoms with E-state index >= 15 is 0 Å². The molecule has 1 aliphatic heterocycles. The average Bonchev–Trinajstić information content (AvgIpc) is 2.59. The van der Waals surface area contributed by atoms with Gasteiger partial charge in [0.15, 0.2) is 11.5 Å². The second kappa shape index (κ2) is 7.95. The molecule has 25 heavy (non-hydrogen) atoms. The monoisotopic (exact) mass is 370 g/mol. The summed E-state index contributed by atoms with van der Waals surface area (Å²) in [5.74, 6) is 0.870. The Morgan fingerprint density at radius 2 is 1.84 bits per heavy atom. The van der Waals surface area contributed by atoms with Crippen LogP contribution in [0.15, 0.2) is 18.2 Å². The Morgan fingerprint density at radius 1 is 1.20 bits per heavy atom. The van der Waals surface area contributed by atoms with Crippen molar-refractivity contribution in [3.63, 3.8) is 0 Å². The van der Waals surface area contributed by atoms with E-state index in [0.29, 0.717) is 30.4 Å². The van der Waals surface area contributed by atoms with E-state index in [-0.39, 0.29) is 30.2 Å². The first-order chi connectivity index (χ1) is 11.7. The number of hydrogen-bond acceptors (Lipinski definition) is 5. The van der Waals surface area contributed by atoms with Gasteiger partial charge in [-0.2, -0.15) is 0 Å². The van der Waals surface area contributed by atoms with E-state index in [1.54, 1.807) is 25.1 Å². The molecule has 7 nitrogen and oxygen atoms in total. The van der Waals surface area contributed by atoms with Gasteiger partial charge in [-0.05, 0) is 31.9 Å². The molecular weight excluding hydrogens is 344 g/mol. The normalized spacial score (nSPS) is 14.9. The van der Waals surface area contributed by atoms with Crippen molar-refractivity contribution in [3.8, 4) is 11.5 Å². The fraction of sp³-hybridized carbons (Fsp3) is 0.588. The van der Waals surface area contributed by atoms with E-state index in [1.165, 1.54) is 0 Å². The van der Waals surface area contributed by atoms with Crippen molar-refractivity contribution in [2.45, 2.75) is 33.7 Å². The van der Waals surface area contributed by atoms with E-state index in [4.69, 9.17) is 9.47 Å². The molecule has 1 heterocycles. The predicted molar refractivity (Wildman–Crippen MR) is 96.7 cm³/mol. The van der Waals surface area contributed by atoms with Crippen LogP contribution in [0.5, 0.6) is 11.5 Å².